The molecule has 1 unspecified atom stereocenters. The van der Waals surface area contributed by atoms with Crippen molar-refractivity contribution >= 4 is 21.9 Å². The van der Waals surface area contributed by atoms with Gasteiger partial charge in [0.05, 0.1) is 12.5 Å². The van der Waals surface area contributed by atoms with Gasteiger partial charge >= 0.3 is 5.97 Å². The highest BCUT2D eigenvalue weighted by molar-refractivity contribution is 9.10. The molecule has 3 N–H and O–H groups in total. The molecule has 0 aliphatic carbocycles. The zero-order chi connectivity index (χ0) is 10.7. The summed E-state index contributed by atoms with van der Waals surface area (Å²) in [5.41, 5.74) is 0.218. The molecule has 0 radical (unpaired) electrons. The Morgan fingerprint density at radius 2 is 2.14 bits per heavy atom. The fourth-order valence-corrected chi connectivity index (χ4v) is 1.42. The van der Waals surface area contributed by atoms with Crippen molar-refractivity contribution < 1.29 is 20.1 Å². The Kier molecular flexibility index (Phi) is 3.49. The summed E-state index contributed by atoms with van der Waals surface area (Å²) in [7, 11) is 0. The lowest BCUT2D eigenvalue weighted by atomic mass is 10.1. The molecule has 1 rings (SSSR count). The van der Waals surface area contributed by atoms with Gasteiger partial charge in [0.15, 0.2) is 0 Å². The first-order valence-corrected chi connectivity index (χ1v) is 4.68. The van der Waals surface area contributed by atoms with Crippen molar-refractivity contribution in [1.82, 2.24) is 0 Å². The number of halogens is 1. The molecule has 1 atom stereocenters. The number of aliphatic hydroxyl groups excluding tert-OH is 1. The molecule has 0 fully saturated rings. The highest BCUT2D eigenvalue weighted by Gasteiger charge is 2.15. The van der Waals surface area contributed by atoms with Crippen LogP contribution in [0.1, 0.15) is 18.1 Å². The molecule has 0 amide bonds. The molecule has 0 spiro atoms. The summed E-state index contributed by atoms with van der Waals surface area (Å²) >= 11 is 3.14. The molecule has 4 nitrogen and oxygen atoms in total. The van der Waals surface area contributed by atoms with Crippen molar-refractivity contribution in [3.05, 3.63) is 28.2 Å². The van der Waals surface area contributed by atoms with Crippen LogP contribution in [0.25, 0.3) is 0 Å². The van der Waals surface area contributed by atoms with Crippen molar-refractivity contribution in [3.8, 4) is 5.75 Å². The van der Waals surface area contributed by atoms with E-state index in [-0.39, 0.29) is 11.3 Å². The molecule has 0 heterocycles. The summed E-state index contributed by atoms with van der Waals surface area (Å²) in [4.78, 5) is 10.3. The molecule has 0 bridgehead atoms. The number of carboxylic acids is 1. The Morgan fingerprint density at radius 3 is 2.64 bits per heavy atom. The Bertz CT molecular complexity index is 351. The number of hydrogen-bond acceptors (Lipinski definition) is 3. The summed E-state index contributed by atoms with van der Waals surface area (Å²) in [6, 6.07) is 4.51. The van der Waals surface area contributed by atoms with Crippen LogP contribution in [0.15, 0.2) is 22.7 Å². The van der Waals surface area contributed by atoms with Crippen LogP contribution in [0.5, 0.6) is 5.75 Å². The maximum Gasteiger partial charge on any atom is 0.306 e. The summed E-state index contributed by atoms with van der Waals surface area (Å²) in [5.74, 6) is -1.23. The van der Waals surface area contributed by atoms with Crippen LogP contribution < -0.4 is 0 Å². The molecular formula is C9H9BrO4. The first-order chi connectivity index (χ1) is 6.50. The van der Waals surface area contributed by atoms with Crippen LogP contribution in [0.2, 0.25) is 0 Å². The summed E-state index contributed by atoms with van der Waals surface area (Å²) in [5, 5.41) is 27.2. The third kappa shape index (κ3) is 2.71. The number of phenols is 1. The van der Waals surface area contributed by atoms with E-state index in [1.807, 2.05) is 0 Å². The molecule has 0 aromatic heterocycles. The highest BCUT2D eigenvalue weighted by atomic mass is 79.9. The monoisotopic (exact) mass is 260 g/mol. The summed E-state index contributed by atoms with van der Waals surface area (Å²) in [6.07, 6.45) is -1.60. The molecule has 1 aromatic rings. The van der Waals surface area contributed by atoms with Gasteiger partial charge in [-0.2, -0.15) is 0 Å². The van der Waals surface area contributed by atoms with E-state index in [9.17, 15) is 15.0 Å². The molecule has 14 heavy (non-hydrogen) atoms. The van der Waals surface area contributed by atoms with Crippen molar-refractivity contribution in [1.29, 1.82) is 0 Å². The highest BCUT2D eigenvalue weighted by Crippen LogP contribution is 2.28. The van der Waals surface area contributed by atoms with Gasteiger partial charge in [0.1, 0.15) is 5.75 Å². The fraction of sp³-hybridized carbons (Fsp3) is 0.222. The number of carboxylic acid groups (broad SMARTS) is 1. The zero-order valence-corrected chi connectivity index (χ0v) is 8.73. The quantitative estimate of drug-likeness (QED) is 0.773. The second kappa shape index (κ2) is 4.43. The molecule has 1 aromatic carbocycles. The molecule has 5 heteroatoms. The van der Waals surface area contributed by atoms with Crippen molar-refractivity contribution in [3.63, 3.8) is 0 Å². The van der Waals surface area contributed by atoms with E-state index < -0.39 is 18.5 Å². The molecule has 0 saturated heterocycles. The van der Waals surface area contributed by atoms with Crippen LogP contribution in [0.3, 0.4) is 0 Å². The van der Waals surface area contributed by atoms with Crippen molar-refractivity contribution in [2.24, 2.45) is 0 Å². The van der Waals surface area contributed by atoms with Crippen LogP contribution in [-0.4, -0.2) is 21.3 Å². The van der Waals surface area contributed by atoms with E-state index in [2.05, 4.69) is 15.9 Å². The fourth-order valence-electron chi connectivity index (χ4n) is 1.07. The van der Waals surface area contributed by atoms with Crippen LogP contribution in [0, 0.1) is 0 Å². The average molecular weight is 261 g/mol. The number of aromatic hydroxyl groups is 1. The molecular weight excluding hydrogens is 252 g/mol. The van der Waals surface area contributed by atoms with E-state index in [4.69, 9.17) is 5.11 Å². The number of carbonyl (C=O) groups is 1. The van der Waals surface area contributed by atoms with Crippen molar-refractivity contribution in [2.75, 3.05) is 0 Å². The predicted octanol–water partition coefficient (Wildman–Crippen LogP) is 1.66. The van der Waals surface area contributed by atoms with Gasteiger partial charge in [-0.3, -0.25) is 4.79 Å². The lowest BCUT2D eigenvalue weighted by molar-refractivity contribution is -0.139. The van der Waals surface area contributed by atoms with Gasteiger partial charge in [-0.15, -0.1) is 0 Å². The Labute approximate surface area is 88.9 Å². The van der Waals surface area contributed by atoms with Crippen LogP contribution in [-0.2, 0) is 4.79 Å². The minimum Gasteiger partial charge on any atom is -0.508 e. The summed E-state index contributed by atoms with van der Waals surface area (Å²) < 4.78 is 0.668. The first kappa shape index (κ1) is 11.0. The van der Waals surface area contributed by atoms with E-state index in [0.717, 1.165) is 0 Å². The van der Waals surface area contributed by atoms with Gasteiger partial charge in [0, 0.05) is 10.0 Å². The Hall–Kier alpha value is -1.07. The number of benzene rings is 1. The average Bonchev–Trinajstić information content (AvgIpc) is 2.01. The normalized spacial score (nSPS) is 12.4. The number of aliphatic carboxylic acids is 1. The van der Waals surface area contributed by atoms with Gasteiger partial charge in [0.2, 0.25) is 0 Å². The third-order valence-electron chi connectivity index (χ3n) is 1.72. The van der Waals surface area contributed by atoms with Gasteiger partial charge in [-0.1, -0.05) is 22.0 Å². The van der Waals surface area contributed by atoms with Crippen LogP contribution >= 0.6 is 15.9 Å². The Morgan fingerprint density at radius 1 is 1.50 bits per heavy atom. The second-order valence-corrected chi connectivity index (χ2v) is 3.73. The number of hydrogen-bond donors (Lipinski definition) is 3. The zero-order valence-electron chi connectivity index (χ0n) is 7.14. The SMILES string of the molecule is O=C(O)CC(O)c1ccc(Br)cc1O. The van der Waals surface area contributed by atoms with Gasteiger partial charge in [-0.25, -0.2) is 0 Å². The van der Waals surface area contributed by atoms with Gasteiger partial charge < -0.3 is 15.3 Å². The Balaban J connectivity index is 2.90. The minimum absolute atomic E-state index is 0.117. The summed E-state index contributed by atoms with van der Waals surface area (Å²) in [6.45, 7) is 0. The smallest absolute Gasteiger partial charge is 0.306 e. The largest absolute Gasteiger partial charge is 0.508 e. The molecule has 0 aliphatic heterocycles. The number of rotatable bonds is 3. The molecule has 76 valence electrons. The topological polar surface area (TPSA) is 77.8 Å². The van der Waals surface area contributed by atoms with E-state index >= 15 is 0 Å². The van der Waals surface area contributed by atoms with Gasteiger partial charge in [-0.05, 0) is 12.1 Å². The third-order valence-corrected chi connectivity index (χ3v) is 2.21. The van der Waals surface area contributed by atoms with E-state index in [1.165, 1.54) is 12.1 Å². The predicted molar refractivity (Wildman–Crippen MR) is 53.0 cm³/mol. The number of phenolic OH excluding ortho intramolecular Hbond substituents is 1. The van der Waals surface area contributed by atoms with Crippen molar-refractivity contribution in [2.45, 2.75) is 12.5 Å². The minimum atomic E-state index is -1.18. The van der Waals surface area contributed by atoms with E-state index in [1.54, 1.807) is 6.07 Å². The lowest BCUT2D eigenvalue weighted by Gasteiger charge is -2.10. The van der Waals surface area contributed by atoms with Crippen LogP contribution in [0.4, 0.5) is 0 Å². The maximum atomic E-state index is 10.3. The standard InChI is InChI=1S/C9H9BrO4/c10-5-1-2-6(7(11)3-5)8(12)4-9(13)14/h1-3,8,11-12H,4H2,(H,13,14). The first-order valence-electron chi connectivity index (χ1n) is 3.89. The second-order valence-electron chi connectivity index (χ2n) is 2.82. The maximum absolute atomic E-state index is 10.3. The van der Waals surface area contributed by atoms with E-state index in [0.29, 0.717) is 4.47 Å². The molecule has 0 aliphatic rings. The van der Waals surface area contributed by atoms with Gasteiger partial charge in [0.25, 0.3) is 0 Å². The molecule has 0 saturated carbocycles. The number of aliphatic hydroxyl groups is 1. The lowest BCUT2D eigenvalue weighted by Crippen LogP contribution is -2.05.